The Morgan fingerprint density at radius 3 is 2.50 bits per heavy atom. The van der Waals surface area contributed by atoms with Crippen LogP contribution in [0.1, 0.15) is 17.3 Å². The van der Waals surface area contributed by atoms with Crippen LogP contribution in [0.3, 0.4) is 0 Å². The van der Waals surface area contributed by atoms with Crippen molar-refractivity contribution < 1.29 is 24.4 Å². The Balaban J connectivity index is 3.12. The number of rotatable bonds is 5. The van der Waals surface area contributed by atoms with Crippen LogP contribution in [0, 0.1) is 10.1 Å². The molecule has 20 heavy (non-hydrogen) atoms. The van der Waals surface area contributed by atoms with Gasteiger partial charge in [0.15, 0.2) is 5.75 Å². The predicted octanol–water partition coefficient (Wildman–Crippen LogP) is 1.15. The molecule has 0 saturated carbocycles. The molecule has 0 saturated heterocycles. The number of likely N-dealkylation sites (N-methyl/N-ethyl adjacent to an activating group) is 1. The van der Waals surface area contributed by atoms with Gasteiger partial charge in [0.25, 0.3) is 5.91 Å². The first-order valence-corrected chi connectivity index (χ1v) is 5.62. The number of hydrogen-bond acceptors (Lipinski definition) is 5. The van der Waals surface area contributed by atoms with Crippen molar-refractivity contribution in [3.05, 3.63) is 33.9 Å². The molecule has 0 radical (unpaired) electrons. The summed E-state index contributed by atoms with van der Waals surface area (Å²) in [6.07, 6.45) is 0. The van der Waals surface area contributed by atoms with E-state index < -0.39 is 22.8 Å². The Kier molecular flexibility index (Phi) is 4.63. The smallest absolute Gasteiger partial charge is 0.326 e. The van der Waals surface area contributed by atoms with Crippen LogP contribution in [0.5, 0.6) is 5.75 Å². The summed E-state index contributed by atoms with van der Waals surface area (Å²) in [5.74, 6) is -1.76. The lowest BCUT2D eigenvalue weighted by atomic mass is 10.1. The van der Waals surface area contributed by atoms with Crippen molar-refractivity contribution in [1.29, 1.82) is 0 Å². The number of nitro benzene ring substituents is 1. The van der Waals surface area contributed by atoms with E-state index in [0.717, 1.165) is 11.0 Å². The van der Waals surface area contributed by atoms with Crippen LogP contribution >= 0.6 is 0 Å². The van der Waals surface area contributed by atoms with Crippen molar-refractivity contribution in [2.75, 3.05) is 14.2 Å². The zero-order chi connectivity index (χ0) is 15.4. The second-order valence-electron chi connectivity index (χ2n) is 4.07. The van der Waals surface area contributed by atoms with Gasteiger partial charge in [-0.2, -0.15) is 0 Å². The minimum Gasteiger partial charge on any atom is -0.490 e. The number of methoxy groups -OCH3 is 1. The van der Waals surface area contributed by atoms with E-state index in [0.29, 0.717) is 0 Å². The number of benzene rings is 1. The maximum absolute atomic E-state index is 12.1. The number of nitro groups is 1. The lowest BCUT2D eigenvalue weighted by Crippen LogP contribution is -2.40. The summed E-state index contributed by atoms with van der Waals surface area (Å²) < 4.78 is 4.86. The van der Waals surface area contributed by atoms with Gasteiger partial charge >= 0.3 is 11.7 Å². The van der Waals surface area contributed by atoms with Crippen LogP contribution in [0.4, 0.5) is 5.69 Å². The van der Waals surface area contributed by atoms with Crippen molar-refractivity contribution in [3.63, 3.8) is 0 Å². The molecule has 8 heteroatoms. The number of carboxylic acid groups (broad SMARTS) is 1. The summed E-state index contributed by atoms with van der Waals surface area (Å²) in [4.78, 5) is 34.1. The monoisotopic (exact) mass is 282 g/mol. The molecule has 1 N–H and O–H groups in total. The van der Waals surface area contributed by atoms with Crippen LogP contribution in [-0.4, -0.2) is 47.0 Å². The van der Waals surface area contributed by atoms with E-state index in [-0.39, 0.29) is 17.0 Å². The summed E-state index contributed by atoms with van der Waals surface area (Å²) in [5, 5.41) is 19.6. The first kappa shape index (κ1) is 15.4. The highest BCUT2D eigenvalue weighted by Crippen LogP contribution is 2.28. The van der Waals surface area contributed by atoms with Gasteiger partial charge in [-0.05, 0) is 13.0 Å². The second kappa shape index (κ2) is 6.00. The molecule has 0 aliphatic rings. The largest absolute Gasteiger partial charge is 0.490 e. The molecular weight excluding hydrogens is 268 g/mol. The first-order valence-electron chi connectivity index (χ1n) is 5.62. The van der Waals surface area contributed by atoms with Crippen LogP contribution in [-0.2, 0) is 4.79 Å². The molecule has 0 fully saturated rings. The molecule has 108 valence electrons. The maximum Gasteiger partial charge on any atom is 0.326 e. The molecule has 0 aliphatic heterocycles. The van der Waals surface area contributed by atoms with Gasteiger partial charge in [-0.15, -0.1) is 0 Å². The van der Waals surface area contributed by atoms with Gasteiger partial charge in [-0.3, -0.25) is 14.9 Å². The number of carbonyl (C=O) groups excluding carboxylic acids is 1. The van der Waals surface area contributed by atoms with Crippen molar-refractivity contribution in [1.82, 2.24) is 4.90 Å². The van der Waals surface area contributed by atoms with Gasteiger partial charge in [-0.1, -0.05) is 0 Å². The average Bonchev–Trinajstić information content (AvgIpc) is 2.43. The fraction of sp³-hybridized carbons (Fsp3) is 0.333. The highest BCUT2D eigenvalue weighted by atomic mass is 16.6. The Morgan fingerprint density at radius 2 is 2.05 bits per heavy atom. The van der Waals surface area contributed by atoms with Gasteiger partial charge in [0.05, 0.1) is 12.0 Å². The summed E-state index contributed by atoms with van der Waals surface area (Å²) >= 11 is 0. The highest BCUT2D eigenvalue weighted by molar-refractivity contribution is 5.97. The minimum atomic E-state index is -1.14. The maximum atomic E-state index is 12.1. The molecule has 1 unspecified atom stereocenters. The van der Waals surface area contributed by atoms with Gasteiger partial charge in [0.1, 0.15) is 6.04 Å². The summed E-state index contributed by atoms with van der Waals surface area (Å²) in [5.41, 5.74) is -0.152. The van der Waals surface area contributed by atoms with Gasteiger partial charge < -0.3 is 14.7 Å². The molecule has 1 amide bonds. The van der Waals surface area contributed by atoms with Gasteiger partial charge in [0, 0.05) is 24.7 Å². The van der Waals surface area contributed by atoms with Gasteiger partial charge in [0.2, 0.25) is 0 Å². The van der Waals surface area contributed by atoms with Gasteiger partial charge in [-0.25, -0.2) is 4.79 Å². The lowest BCUT2D eigenvalue weighted by molar-refractivity contribution is -0.385. The molecule has 0 aromatic heterocycles. The molecule has 1 aromatic rings. The number of carbonyl (C=O) groups is 2. The lowest BCUT2D eigenvalue weighted by Gasteiger charge is -2.21. The third-order valence-electron chi connectivity index (χ3n) is 2.88. The SMILES string of the molecule is COc1cc(C(=O)N(C)C(C)C(=O)O)ccc1[N+](=O)[O-]. The zero-order valence-electron chi connectivity index (χ0n) is 11.2. The minimum absolute atomic E-state index is 0.0581. The summed E-state index contributed by atoms with van der Waals surface area (Å²) in [6.45, 7) is 1.36. The Hall–Kier alpha value is -2.64. The zero-order valence-corrected chi connectivity index (χ0v) is 11.2. The third-order valence-corrected chi connectivity index (χ3v) is 2.88. The second-order valence-corrected chi connectivity index (χ2v) is 4.07. The molecule has 1 rings (SSSR count). The third kappa shape index (κ3) is 3.02. The molecule has 0 heterocycles. The number of amides is 1. The van der Waals surface area contributed by atoms with E-state index in [2.05, 4.69) is 0 Å². The fourth-order valence-corrected chi connectivity index (χ4v) is 1.51. The van der Waals surface area contributed by atoms with Crippen molar-refractivity contribution in [2.24, 2.45) is 0 Å². The quantitative estimate of drug-likeness (QED) is 0.640. The summed E-state index contributed by atoms with van der Waals surface area (Å²) in [6, 6.07) is 2.61. The number of nitrogens with zero attached hydrogens (tertiary/aromatic N) is 2. The standard InChI is InChI=1S/C12H14N2O6/c1-7(12(16)17)13(2)11(15)8-4-5-9(14(18)19)10(6-8)20-3/h4-7H,1-3H3,(H,16,17). The van der Waals surface area contributed by atoms with E-state index in [4.69, 9.17) is 9.84 Å². The van der Waals surface area contributed by atoms with E-state index in [1.165, 1.54) is 33.2 Å². The number of hydrogen-bond donors (Lipinski definition) is 1. The Bertz CT molecular complexity index is 557. The van der Waals surface area contributed by atoms with E-state index >= 15 is 0 Å². The van der Waals surface area contributed by atoms with Crippen molar-refractivity contribution in [3.8, 4) is 5.75 Å². The van der Waals surface area contributed by atoms with Crippen molar-refractivity contribution in [2.45, 2.75) is 13.0 Å². The van der Waals surface area contributed by atoms with E-state index in [1.54, 1.807) is 0 Å². The molecule has 0 bridgehead atoms. The van der Waals surface area contributed by atoms with E-state index in [1.807, 2.05) is 0 Å². The van der Waals surface area contributed by atoms with Crippen LogP contribution in [0.15, 0.2) is 18.2 Å². The molecule has 8 nitrogen and oxygen atoms in total. The predicted molar refractivity (Wildman–Crippen MR) is 68.8 cm³/mol. The molecule has 0 aliphatic carbocycles. The normalized spacial score (nSPS) is 11.6. The Morgan fingerprint density at radius 1 is 1.45 bits per heavy atom. The van der Waals surface area contributed by atoms with E-state index in [9.17, 15) is 19.7 Å². The number of carboxylic acids is 1. The molecule has 1 atom stereocenters. The molecule has 0 spiro atoms. The number of aliphatic carboxylic acids is 1. The van der Waals surface area contributed by atoms with Crippen molar-refractivity contribution >= 4 is 17.6 Å². The molecule has 1 aromatic carbocycles. The fourth-order valence-electron chi connectivity index (χ4n) is 1.51. The van der Waals surface area contributed by atoms with Crippen LogP contribution in [0.2, 0.25) is 0 Å². The summed E-state index contributed by atoms with van der Waals surface area (Å²) in [7, 11) is 2.59. The first-order chi connectivity index (χ1) is 9.29. The van der Waals surface area contributed by atoms with Crippen LogP contribution < -0.4 is 4.74 Å². The number of ether oxygens (including phenoxy) is 1. The Labute approximate surface area is 114 Å². The van der Waals surface area contributed by atoms with Crippen LogP contribution in [0.25, 0.3) is 0 Å². The highest BCUT2D eigenvalue weighted by Gasteiger charge is 2.24. The average molecular weight is 282 g/mol. The molecular formula is C12H14N2O6. The topological polar surface area (TPSA) is 110 Å².